The number of rotatable bonds is 4. The van der Waals surface area contributed by atoms with Crippen molar-refractivity contribution in [1.82, 2.24) is 0 Å². The average molecular weight is 221 g/mol. The summed E-state index contributed by atoms with van der Waals surface area (Å²) in [5.74, 6) is 0. The fourth-order valence-corrected chi connectivity index (χ4v) is 2.54. The summed E-state index contributed by atoms with van der Waals surface area (Å²) < 4.78 is 6.43. The van der Waals surface area contributed by atoms with Crippen molar-refractivity contribution >= 4 is 27.1 Å². The summed E-state index contributed by atoms with van der Waals surface area (Å²) in [7, 11) is 1.73. The van der Waals surface area contributed by atoms with Crippen molar-refractivity contribution in [3.63, 3.8) is 0 Å². The smallest absolute Gasteiger partial charge is 0.0661 e. The molecule has 0 saturated carbocycles. The minimum absolute atomic E-state index is 0.336. The molecule has 80 valence electrons. The number of thiophene rings is 1. The van der Waals surface area contributed by atoms with Gasteiger partial charge in [-0.15, -0.1) is 11.3 Å². The SMILES string of the molecule is COC[C@@H](C)Nc1cccc2ccsc12. The molecule has 1 heterocycles. The Bertz CT molecular complexity index is 438. The van der Waals surface area contributed by atoms with Gasteiger partial charge in [0, 0.05) is 13.2 Å². The van der Waals surface area contributed by atoms with E-state index < -0.39 is 0 Å². The molecule has 2 rings (SSSR count). The first-order chi connectivity index (χ1) is 7.31. The van der Waals surface area contributed by atoms with E-state index in [1.807, 2.05) is 0 Å². The van der Waals surface area contributed by atoms with Crippen LogP contribution in [0.4, 0.5) is 5.69 Å². The molecule has 0 bridgehead atoms. The van der Waals surface area contributed by atoms with Crippen LogP contribution in [0.5, 0.6) is 0 Å². The van der Waals surface area contributed by atoms with E-state index in [9.17, 15) is 0 Å². The van der Waals surface area contributed by atoms with Crippen LogP contribution in [0.2, 0.25) is 0 Å². The maximum absolute atomic E-state index is 5.11. The molecule has 0 radical (unpaired) electrons. The van der Waals surface area contributed by atoms with Crippen molar-refractivity contribution in [3.05, 3.63) is 29.6 Å². The van der Waals surface area contributed by atoms with Crippen LogP contribution < -0.4 is 5.32 Å². The number of ether oxygens (including phenoxy) is 1. The Morgan fingerprint density at radius 3 is 3.07 bits per heavy atom. The molecule has 0 amide bonds. The first kappa shape index (κ1) is 10.5. The molecule has 15 heavy (non-hydrogen) atoms. The van der Waals surface area contributed by atoms with E-state index in [1.165, 1.54) is 15.8 Å². The highest BCUT2D eigenvalue weighted by atomic mass is 32.1. The molecular weight excluding hydrogens is 206 g/mol. The molecule has 0 spiro atoms. The van der Waals surface area contributed by atoms with Gasteiger partial charge in [-0.25, -0.2) is 0 Å². The quantitative estimate of drug-likeness (QED) is 0.855. The fourth-order valence-electron chi connectivity index (χ4n) is 1.66. The Balaban J connectivity index is 2.23. The zero-order valence-electron chi connectivity index (χ0n) is 8.99. The van der Waals surface area contributed by atoms with Gasteiger partial charge in [0.1, 0.15) is 0 Å². The number of methoxy groups -OCH3 is 1. The first-order valence-corrected chi connectivity index (χ1v) is 5.91. The molecule has 0 unspecified atom stereocenters. The van der Waals surface area contributed by atoms with Crippen molar-refractivity contribution in [3.8, 4) is 0 Å². The lowest BCUT2D eigenvalue weighted by Gasteiger charge is -2.14. The molecule has 0 saturated heterocycles. The van der Waals surface area contributed by atoms with Gasteiger partial charge in [0.25, 0.3) is 0 Å². The molecule has 3 heteroatoms. The second-order valence-corrected chi connectivity index (χ2v) is 4.56. The minimum atomic E-state index is 0.336. The molecule has 0 aliphatic heterocycles. The summed E-state index contributed by atoms with van der Waals surface area (Å²) in [6.07, 6.45) is 0. The number of benzene rings is 1. The van der Waals surface area contributed by atoms with Crippen LogP contribution >= 0.6 is 11.3 Å². The third kappa shape index (κ3) is 2.30. The second-order valence-electron chi connectivity index (χ2n) is 3.65. The van der Waals surface area contributed by atoms with Crippen molar-refractivity contribution < 1.29 is 4.74 Å². The molecular formula is C12H15NOS. The van der Waals surface area contributed by atoms with Crippen molar-refractivity contribution in [2.24, 2.45) is 0 Å². The van der Waals surface area contributed by atoms with E-state index in [-0.39, 0.29) is 0 Å². The standard InChI is InChI=1S/C12H15NOS/c1-9(8-14-2)13-11-5-3-4-10-6-7-15-12(10)11/h3-7,9,13H,8H2,1-2H3/t9-/m1/s1. The number of hydrogen-bond donors (Lipinski definition) is 1. The number of hydrogen-bond acceptors (Lipinski definition) is 3. The van der Waals surface area contributed by atoms with Gasteiger partial charge in [0.15, 0.2) is 0 Å². The highest BCUT2D eigenvalue weighted by Gasteiger charge is 2.05. The van der Waals surface area contributed by atoms with E-state index in [0.717, 1.165) is 6.61 Å². The van der Waals surface area contributed by atoms with Crippen molar-refractivity contribution in [2.75, 3.05) is 19.0 Å². The monoisotopic (exact) mass is 221 g/mol. The predicted octanol–water partition coefficient (Wildman–Crippen LogP) is 3.35. The van der Waals surface area contributed by atoms with Crippen LogP contribution in [0.1, 0.15) is 6.92 Å². The third-order valence-electron chi connectivity index (χ3n) is 2.30. The van der Waals surface area contributed by atoms with Gasteiger partial charge in [-0.3, -0.25) is 0 Å². The molecule has 1 aromatic heterocycles. The summed E-state index contributed by atoms with van der Waals surface area (Å²) in [5, 5.41) is 6.88. The van der Waals surface area contributed by atoms with E-state index >= 15 is 0 Å². The van der Waals surface area contributed by atoms with Crippen LogP contribution in [0.15, 0.2) is 29.6 Å². The van der Waals surface area contributed by atoms with Gasteiger partial charge < -0.3 is 10.1 Å². The van der Waals surface area contributed by atoms with E-state index in [4.69, 9.17) is 4.74 Å². The van der Waals surface area contributed by atoms with E-state index in [2.05, 4.69) is 41.9 Å². The van der Waals surface area contributed by atoms with Gasteiger partial charge in [-0.1, -0.05) is 12.1 Å². The maximum Gasteiger partial charge on any atom is 0.0661 e. The summed E-state index contributed by atoms with van der Waals surface area (Å²) in [6, 6.07) is 8.81. The Kier molecular flexibility index (Phi) is 3.23. The van der Waals surface area contributed by atoms with Gasteiger partial charge in [-0.05, 0) is 29.8 Å². The van der Waals surface area contributed by atoms with Gasteiger partial charge >= 0.3 is 0 Å². The Morgan fingerprint density at radius 2 is 2.27 bits per heavy atom. The van der Waals surface area contributed by atoms with Crippen LogP contribution in [0.25, 0.3) is 10.1 Å². The zero-order valence-corrected chi connectivity index (χ0v) is 9.80. The summed E-state index contributed by atoms with van der Waals surface area (Å²) in [5.41, 5.74) is 1.20. The molecule has 0 aliphatic rings. The largest absolute Gasteiger partial charge is 0.383 e. The molecule has 1 atom stereocenters. The Morgan fingerprint density at radius 1 is 1.40 bits per heavy atom. The minimum Gasteiger partial charge on any atom is -0.383 e. The molecule has 2 nitrogen and oxygen atoms in total. The molecule has 0 fully saturated rings. The Hall–Kier alpha value is -1.06. The maximum atomic E-state index is 5.11. The summed E-state index contributed by atoms with van der Waals surface area (Å²) in [4.78, 5) is 0. The first-order valence-electron chi connectivity index (χ1n) is 5.03. The van der Waals surface area contributed by atoms with Crippen molar-refractivity contribution in [2.45, 2.75) is 13.0 Å². The van der Waals surface area contributed by atoms with Crippen LogP contribution in [0.3, 0.4) is 0 Å². The van der Waals surface area contributed by atoms with E-state index in [0.29, 0.717) is 6.04 Å². The van der Waals surface area contributed by atoms with Gasteiger partial charge in [0.05, 0.1) is 17.0 Å². The summed E-state index contributed by atoms with van der Waals surface area (Å²) in [6.45, 7) is 2.84. The number of nitrogens with one attached hydrogen (secondary N) is 1. The lowest BCUT2D eigenvalue weighted by Crippen LogP contribution is -2.20. The van der Waals surface area contributed by atoms with Crippen LogP contribution in [-0.2, 0) is 4.74 Å². The van der Waals surface area contributed by atoms with Crippen LogP contribution in [-0.4, -0.2) is 19.8 Å². The lowest BCUT2D eigenvalue weighted by molar-refractivity contribution is 0.190. The second kappa shape index (κ2) is 4.64. The zero-order chi connectivity index (χ0) is 10.7. The van der Waals surface area contributed by atoms with Crippen LogP contribution in [0, 0.1) is 0 Å². The normalized spacial score (nSPS) is 12.9. The molecule has 1 N–H and O–H groups in total. The Labute approximate surface area is 93.9 Å². The highest BCUT2D eigenvalue weighted by molar-refractivity contribution is 7.17. The van der Waals surface area contributed by atoms with Crippen molar-refractivity contribution in [1.29, 1.82) is 0 Å². The molecule has 2 aromatic rings. The van der Waals surface area contributed by atoms with Gasteiger partial charge in [-0.2, -0.15) is 0 Å². The highest BCUT2D eigenvalue weighted by Crippen LogP contribution is 2.28. The lowest BCUT2D eigenvalue weighted by atomic mass is 10.2. The summed E-state index contributed by atoms with van der Waals surface area (Å²) >= 11 is 1.77. The molecule has 0 aliphatic carbocycles. The third-order valence-corrected chi connectivity index (χ3v) is 3.26. The number of anilines is 1. The van der Waals surface area contributed by atoms with Gasteiger partial charge in [0.2, 0.25) is 0 Å². The fraction of sp³-hybridized carbons (Fsp3) is 0.333. The predicted molar refractivity (Wildman–Crippen MR) is 66.8 cm³/mol. The molecule has 1 aromatic carbocycles. The topological polar surface area (TPSA) is 21.3 Å². The van der Waals surface area contributed by atoms with E-state index in [1.54, 1.807) is 18.4 Å². The average Bonchev–Trinajstić information content (AvgIpc) is 2.67. The number of fused-ring (bicyclic) bond motifs is 1.